The Morgan fingerprint density at radius 2 is 1.79 bits per heavy atom. The van der Waals surface area contributed by atoms with Crippen LogP contribution in [-0.2, 0) is 9.59 Å². The predicted octanol–water partition coefficient (Wildman–Crippen LogP) is 3.52. The molecule has 1 aromatic carbocycles. The Kier molecular flexibility index (Phi) is 10.2. The molecule has 0 unspecified atom stereocenters. The second kappa shape index (κ2) is 11.8. The zero-order valence-corrected chi connectivity index (χ0v) is 18.5. The lowest BCUT2D eigenvalue weighted by Gasteiger charge is -2.29. The van der Waals surface area contributed by atoms with Gasteiger partial charge in [-0.05, 0) is 36.5 Å². The Morgan fingerprint density at radius 1 is 1.14 bits per heavy atom. The van der Waals surface area contributed by atoms with Gasteiger partial charge < -0.3 is 15.5 Å². The fourth-order valence-corrected chi connectivity index (χ4v) is 2.95. The van der Waals surface area contributed by atoms with Crippen molar-refractivity contribution in [3.63, 3.8) is 0 Å². The Labute approximate surface area is 180 Å². The maximum absolute atomic E-state index is 13.0. The van der Waals surface area contributed by atoms with Gasteiger partial charge in [0.25, 0.3) is 5.91 Å². The molecule has 0 heterocycles. The average molecular weight is 447 g/mol. The first-order chi connectivity index (χ1) is 13.5. The normalized spacial score (nSPS) is 11.9. The van der Waals surface area contributed by atoms with Gasteiger partial charge in [-0.2, -0.15) is 0 Å². The molecule has 29 heavy (non-hydrogen) atoms. The lowest BCUT2D eigenvalue weighted by atomic mass is 10.0. The van der Waals surface area contributed by atoms with Crippen LogP contribution >= 0.6 is 23.2 Å². The number of hydrogen-bond acceptors (Lipinski definition) is 4. The molecule has 0 fully saturated rings. The number of urea groups is 1. The monoisotopic (exact) mass is 446 g/mol. The van der Waals surface area contributed by atoms with E-state index >= 15 is 0 Å². The summed E-state index contributed by atoms with van der Waals surface area (Å²) in [6.07, 6.45) is 0.668. The molecule has 162 valence electrons. The summed E-state index contributed by atoms with van der Waals surface area (Å²) in [7, 11) is 0. The van der Waals surface area contributed by atoms with Crippen LogP contribution in [0.1, 0.15) is 34.1 Å². The van der Waals surface area contributed by atoms with Crippen molar-refractivity contribution in [1.82, 2.24) is 15.7 Å². The first-order valence-corrected chi connectivity index (χ1v) is 10.0. The number of carbonyl (C=O) groups is 3. The minimum atomic E-state index is -0.875. The second-order valence-corrected chi connectivity index (χ2v) is 8.27. The molecule has 0 aromatic heterocycles. The topological polar surface area (TPSA) is 111 Å². The Hall–Kier alpha value is -2.03. The van der Waals surface area contributed by atoms with Crippen molar-refractivity contribution in [2.24, 2.45) is 11.8 Å². The van der Waals surface area contributed by atoms with Gasteiger partial charge in [-0.15, -0.1) is 0 Å². The smallest absolute Gasteiger partial charge is 0.319 e. The van der Waals surface area contributed by atoms with Crippen molar-refractivity contribution in [3.05, 3.63) is 28.2 Å². The van der Waals surface area contributed by atoms with Gasteiger partial charge in [-0.25, -0.2) is 10.3 Å². The van der Waals surface area contributed by atoms with Gasteiger partial charge in [-0.1, -0.05) is 50.9 Å². The number of rotatable bonds is 9. The number of amides is 4. The zero-order chi connectivity index (χ0) is 22.1. The highest BCUT2D eigenvalue weighted by atomic mass is 35.5. The van der Waals surface area contributed by atoms with Crippen molar-refractivity contribution in [2.45, 2.75) is 40.2 Å². The van der Waals surface area contributed by atoms with E-state index in [2.05, 4.69) is 10.6 Å². The predicted molar refractivity (Wildman–Crippen MR) is 113 cm³/mol. The first kappa shape index (κ1) is 25.0. The summed E-state index contributed by atoms with van der Waals surface area (Å²) in [5.41, 5.74) is 1.88. The summed E-state index contributed by atoms with van der Waals surface area (Å²) in [6, 6.07) is 3.13. The number of hydrogen-bond donors (Lipinski definition) is 4. The van der Waals surface area contributed by atoms with Crippen LogP contribution in [0.15, 0.2) is 18.2 Å². The number of anilines is 1. The van der Waals surface area contributed by atoms with E-state index in [-0.39, 0.29) is 17.5 Å². The van der Waals surface area contributed by atoms with Gasteiger partial charge in [0.1, 0.15) is 12.6 Å². The molecule has 0 aliphatic rings. The SMILES string of the molecule is CC(C)CCN(CC(=O)NO)C(=O)[C@@H](NC(=O)Nc1ccc(Cl)cc1Cl)C(C)C. The van der Waals surface area contributed by atoms with Crippen LogP contribution in [0, 0.1) is 11.8 Å². The standard InChI is InChI=1S/C19H28Cl2N4O4/c1-11(2)7-8-25(10-16(26)24-29)18(27)17(12(3)4)23-19(28)22-15-6-5-13(20)9-14(15)21/h5-6,9,11-12,17,29H,7-8,10H2,1-4H3,(H,24,26)(H2,22,23,28)/t17-/m0/s1. The molecule has 4 amide bonds. The maximum Gasteiger partial charge on any atom is 0.319 e. The Morgan fingerprint density at radius 3 is 2.31 bits per heavy atom. The minimum absolute atomic E-state index is 0.243. The summed E-state index contributed by atoms with van der Waals surface area (Å²) >= 11 is 11.9. The number of halogens is 2. The summed E-state index contributed by atoms with van der Waals surface area (Å²) in [5.74, 6) is -1.06. The highest BCUT2D eigenvalue weighted by Gasteiger charge is 2.30. The molecule has 1 rings (SSSR count). The lowest BCUT2D eigenvalue weighted by molar-refractivity contribution is -0.141. The van der Waals surface area contributed by atoms with Crippen molar-refractivity contribution in [1.29, 1.82) is 0 Å². The third-order valence-corrected chi connectivity index (χ3v) is 4.69. The van der Waals surface area contributed by atoms with E-state index in [0.29, 0.717) is 29.6 Å². The maximum atomic E-state index is 13.0. The zero-order valence-electron chi connectivity index (χ0n) is 17.0. The van der Waals surface area contributed by atoms with Gasteiger partial charge in [0, 0.05) is 11.6 Å². The van der Waals surface area contributed by atoms with Crippen LogP contribution in [0.2, 0.25) is 10.0 Å². The molecule has 1 atom stereocenters. The Bertz CT molecular complexity index is 728. The molecule has 0 aliphatic carbocycles. The minimum Gasteiger partial charge on any atom is -0.332 e. The van der Waals surface area contributed by atoms with Crippen molar-refractivity contribution in [3.8, 4) is 0 Å². The van der Waals surface area contributed by atoms with Crippen molar-refractivity contribution in [2.75, 3.05) is 18.4 Å². The fraction of sp³-hybridized carbons (Fsp3) is 0.526. The largest absolute Gasteiger partial charge is 0.332 e. The molecule has 1 aromatic rings. The van der Waals surface area contributed by atoms with E-state index in [1.165, 1.54) is 16.4 Å². The summed E-state index contributed by atoms with van der Waals surface area (Å²) in [6.45, 7) is 7.57. The molecule has 4 N–H and O–H groups in total. The van der Waals surface area contributed by atoms with Gasteiger partial charge in [-0.3, -0.25) is 14.8 Å². The molecule has 8 nitrogen and oxygen atoms in total. The molecule has 0 saturated heterocycles. The van der Waals surface area contributed by atoms with Crippen molar-refractivity contribution >= 4 is 46.7 Å². The van der Waals surface area contributed by atoms with Gasteiger partial charge in [0.2, 0.25) is 5.91 Å². The summed E-state index contributed by atoms with van der Waals surface area (Å²) < 4.78 is 0. The summed E-state index contributed by atoms with van der Waals surface area (Å²) in [4.78, 5) is 38.4. The quantitative estimate of drug-likeness (QED) is 0.343. The number of nitrogens with one attached hydrogen (secondary N) is 3. The summed E-state index contributed by atoms with van der Waals surface area (Å²) in [5, 5.41) is 14.7. The van der Waals surface area contributed by atoms with Crippen LogP contribution in [0.4, 0.5) is 10.5 Å². The van der Waals surface area contributed by atoms with Gasteiger partial charge in [0.05, 0.1) is 10.7 Å². The van der Waals surface area contributed by atoms with Crippen LogP contribution < -0.4 is 16.1 Å². The van der Waals surface area contributed by atoms with E-state index < -0.39 is 23.9 Å². The Balaban J connectivity index is 2.91. The van der Waals surface area contributed by atoms with E-state index in [1.807, 2.05) is 13.8 Å². The lowest BCUT2D eigenvalue weighted by Crippen LogP contribution is -2.54. The van der Waals surface area contributed by atoms with E-state index in [4.69, 9.17) is 28.4 Å². The molecule has 10 heteroatoms. The third-order valence-electron chi connectivity index (χ3n) is 4.15. The molecule has 0 aliphatic heterocycles. The van der Waals surface area contributed by atoms with Gasteiger partial charge in [0.15, 0.2) is 0 Å². The molecular formula is C19H28Cl2N4O4. The molecule has 0 saturated carbocycles. The number of carbonyl (C=O) groups excluding carboxylic acids is 3. The van der Waals surface area contributed by atoms with Gasteiger partial charge >= 0.3 is 6.03 Å². The molecule has 0 spiro atoms. The molecule has 0 bridgehead atoms. The number of hydroxylamine groups is 1. The number of nitrogens with zero attached hydrogens (tertiary/aromatic N) is 1. The van der Waals surface area contributed by atoms with E-state index in [1.54, 1.807) is 26.0 Å². The average Bonchev–Trinajstić information content (AvgIpc) is 2.64. The van der Waals surface area contributed by atoms with Crippen molar-refractivity contribution < 1.29 is 19.6 Å². The van der Waals surface area contributed by atoms with Crippen LogP contribution in [-0.4, -0.2) is 47.1 Å². The van der Waals surface area contributed by atoms with E-state index in [9.17, 15) is 14.4 Å². The van der Waals surface area contributed by atoms with Crippen LogP contribution in [0.5, 0.6) is 0 Å². The highest BCUT2D eigenvalue weighted by molar-refractivity contribution is 6.36. The van der Waals surface area contributed by atoms with Crippen LogP contribution in [0.3, 0.4) is 0 Å². The third kappa shape index (κ3) is 8.47. The fourth-order valence-electron chi connectivity index (χ4n) is 2.49. The molecule has 0 radical (unpaired) electrons. The van der Waals surface area contributed by atoms with Crippen LogP contribution in [0.25, 0.3) is 0 Å². The first-order valence-electron chi connectivity index (χ1n) is 9.29. The second-order valence-electron chi connectivity index (χ2n) is 7.42. The number of benzene rings is 1. The molecular weight excluding hydrogens is 419 g/mol. The van der Waals surface area contributed by atoms with E-state index in [0.717, 1.165) is 0 Å². The highest BCUT2D eigenvalue weighted by Crippen LogP contribution is 2.25.